The molecule has 1 aromatic carbocycles. The normalized spacial score (nSPS) is 34.2. The Labute approximate surface area is 100 Å². The number of carboxylic acids is 1. The summed E-state index contributed by atoms with van der Waals surface area (Å²) < 4.78 is 5.14. The monoisotopic (exact) mass is 232 g/mol. The summed E-state index contributed by atoms with van der Waals surface area (Å²) >= 11 is 0. The van der Waals surface area contributed by atoms with Crippen molar-refractivity contribution in [3.8, 4) is 5.75 Å². The molecule has 3 heteroatoms. The Bertz CT molecular complexity index is 443. The minimum Gasteiger partial charge on any atom is -0.497 e. The van der Waals surface area contributed by atoms with Gasteiger partial charge in [0.2, 0.25) is 0 Å². The SMILES string of the molecule is COc1ccc(C23CC(CC2C(=O)O)C3)cc1. The van der Waals surface area contributed by atoms with E-state index in [0.29, 0.717) is 5.92 Å². The second kappa shape index (κ2) is 3.49. The van der Waals surface area contributed by atoms with Gasteiger partial charge >= 0.3 is 5.97 Å². The Kier molecular flexibility index (Phi) is 2.18. The molecule has 2 bridgehead atoms. The van der Waals surface area contributed by atoms with Gasteiger partial charge in [-0.15, -0.1) is 0 Å². The lowest BCUT2D eigenvalue weighted by Crippen LogP contribution is -2.39. The average Bonchev–Trinajstić information content (AvgIpc) is 2.84. The van der Waals surface area contributed by atoms with Crippen molar-refractivity contribution in [2.24, 2.45) is 11.8 Å². The fourth-order valence-corrected chi connectivity index (χ4v) is 3.68. The van der Waals surface area contributed by atoms with Gasteiger partial charge in [-0.2, -0.15) is 0 Å². The van der Waals surface area contributed by atoms with Gasteiger partial charge in [0, 0.05) is 5.41 Å². The molecule has 1 atom stereocenters. The van der Waals surface area contributed by atoms with Crippen LogP contribution < -0.4 is 4.74 Å². The van der Waals surface area contributed by atoms with Crippen LogP contribution in [0.4, 0.5) is 0 Å². The van der Waals surface area contributed by atoms with Crippen molar-refractivity contribution in [1.29, 1.82) is 0 Å². The molecule has 3 aliphatic carbocycles. The van der Waals surface area contributed by atoms with E-state index in [4.69, 9.17) is 4.74 Å². The first kappa shape index (κ1) is 10.6. The van der Waals surface area contributed by atoms with Crippen molar-refractivity contribution in [2.75, 3.05) is 7.11 Å². The minimum absolute atomic E-state index is 0.0945. The van der Waals surface area contributed by atoms with Gasteiger partial charge in [0.05, 0.1) is 13.0 Å². The third-order valence-corrected chi connectivity index (χ3v) is 4.50. The maximum Gasteiger partial charge on any atom is 0.307 e. The maximum atomic E-state index is 11.3. The summed E-state index contributed by atoms with van der Waals surface area (Å²) in [6, 6.07) is 7.90. The van der Waals surface area contributed by atoms with Gasteiger partial charge in [-0.3, -0.25) is 4.79 Å². The Balaban J connectivity index is 1.94. The second-order valence-corrected chi connectivity index (χ2v) is 5.29. The smallest absolute Gasteiger partial charge is 0.307 e. The lowest BCUT2D eigenvalue weighted by Gasteiger charge is -2.41. The van der Waals surface area contributed by atoms with Gasteiger partial charge in [0.1, 0.15) is 5.75 Å². The zero-order valence-corrected chi connectivity index (χ0v) is 9.85. The van der Waals surface area contributed by atoms with Gasteiger partial charge in [-0.25, -0.2) is 0 Å². The molecule has 0 amide bonds. The summed E-state index contributed by atoms with van der Waals surface area (Å²) in [7, 11) is 1.64. The molecule has 0 radical (unpaired) electrons. The van der Waals surface area contributed by atoms with Gasteiger partial charge in [-0.05, 0) is 42.9 Å². The number of carboxylic acid groups (broad SMARTS) is 1. The largest absolute Gasteiger partial charge is 0.497 e. The summed E-state index contributed by atoms with van der Waals surface area (Å²) in [5.74, 6) is 0.616. The van der Waals surface area contributed by atoms with Crippen molar-refractivity contribution in [3.63, 3.8) is 0 Å². The topological polar surface area (TPSA) is 46.5 Å². The number of hydrogen-bond acceptors (Lipinski definition) is 2. The molecule has 3 fully saturated rings. The van der Waals surface area contributed by atoms with E-state index < -0.39 is 5.97 Å². The number of aliphatic carboxylic acids is 1. The van der Waals surface area contributed by atoms with Crippen molar-refractivity contribution in [2.45, 2.75) is 24.7 Å². The molecule has 3 saturated carbocycles. The van der Waals surface area contributed by atoms with E-state index in [9.17, 15) is 9.90 Å². The molecular weight excluding hydrogens is 216 g/mol. The molecule has 1 unspecified atom stereocenters. The third kappa shape index (κ3) is 1.38. The number of methoxy groups -OCH3 is 1. The van der Waals surface area contributed by atoms with Gasteiger partial charge < -0.3 is 9.84 Å². The van der Waals surface area contributed by atoms with Crippen LogP contribution in [-0.4, -0.2) is 18.2 Å². The zero-order chi connectivity index (χ0) is 12.0. The number of benzene rings is 1. The molecule has 17 heavy (non-hydrogen) atoms. The van der Waals surface area contributed by atoms with Crippen LogP contribution in [0.25, 0.3) is 0 Å². The number of rotatable bonds is 3. The highest BCUT2D eigenvalue weighted by Gasteiger charge is 2.60. The Morgan fingerprint density at radius 2 is 2.00 bits per heavy atom. The first-order chi connectivity index (χ1) is 8.15. The fraction of sp³-hybridized carbons (Fsp3) is 0.500. The van der Waals surface area contributed by atoms with Gasteiger partial charge in [-0.1, -0.05) is 12.1 Å². The van der Waals surface area contributed by atoms with E-state index >= 15 is 0 Å². The molecule has 0 spiro atoms. The standard InChI is InChI=1S/C14H16O3/c1-17-11-4-2-10(3-5-11)14-7-9(8-14)6-12(14)13(15)16/h2-5,9,12H,6-8H2,1H3,(H,15,16). The van der Waals surface area contributed by atoms with Crippen LogP contribution in [0, 0.1) is 11.8 Å². The summed E-state index contributed by atoms with van der Waals surface area (Å²) in [6.07, 6.45) is 2.92. The fourth-order valence-electron chi connectivity index (χ4n) is 3.68. The first-order valence-electron chi connectivity index (χ1n) is 6.03. The van der Waals surface area contributed by atoms with Crippen molar-refractivity contribution >= 4 is 5.97 Å². The minimum atomic E-state index is -0.638. The average molecular weight is 232 g/mol. The number of carbonyl (C=O) groups is 1. The van der Waals surface area contributed by atoms with Crippen LogP contribution >= 0.6 is 0 Å². The molecule has 1 aromatic rings. The zero-order valence-electron chi connectivity index (χ0n) is 9.85. The molecule has 3 nitrogen and oxygen atoms in total. The summed E-state index contributed by atoms with van der Waals surface area (Å²) in [5.41, 5.74) is 1.07. The Morgan fingerprint density at radius 1 is 1.35 bits per heavy atom. The van der Waals surface area contributed by atoms with Crippen molar-refractivity contribution < 1.29 is 14.6 Å². The quantitative estimate of drug-likeness (QED) is 0.870. The molecule has 90 valence electrons. The summed E-state index contributed by atoms with van der Waals surface area (Å²) in [5, 5.41) is 9.31. The highest BCUT2D eigenvalue weighted by Crippen LogP contribution is 2.63. The van der Waals surface area contributed by atoms with Crippen LogP contribution in [0.15, 0.2) is 24.3 Å². The molecule has 1 N–H and O–H groups in total. The first-order valence-corrected chi connectivity index (χ1v) is 6.03. The van der Waals surface area contributed by atoms with Crippen molar-refractivity contribution in [3.05, 3.63) is 29.8 Å². The lowest BCUT2D eigenvalue weighted by molar-refractivity contribution is -0.143. The van der Waals surface area contributed by atoms with Crippen LogP contribution in [0.3, 0.4) is 0 Å². The van der Waals surface area contributed by atoms with E-state index in [1.165, 1.54) is 5.56 Å². The number of ether oxygens (including phenoxy) is 1. The summed E-state index contributed by atoms with van der Waals surface area (Å²) in [6.45, 7) is 0. The molecule has 0 aromatic heterocycles. The van der Waals surface area contributed by atoms with E-state index in [1.54, 1.807) is 7.11 Å². The van der Waals surface area contributed by atoms with Crippen LogP contribution in [0.1, 0.15) is 24.8 Å². The molecular formula is C14H16O3. The predicted octanol–water partition coefficient (Wildman–Crippen LogP) is 2.45. The van der Waals surface area contributed by atoms with Crippen LogP contribution in [0.5, 0.6) is 5.75 Å². The molecule has 0 saturated heterocycles. The molecule has 0 aliphatic heterocycles. The van der Waals surface area contributed by atoms with Crippen molar-refractivity contribution in [1.82, 2.24) is 0 Å². The van der Waals surface area contributed by atoms with Gasteiger partial charge in [0.25, 0.3) is 0 Å². The second-order valence-electron chi connectivity index (χ2n) is 5.29. The molecule has 4 rings (SSSR count). The highest BCUT2D eigenvalue weighted by molar-refractivity contribution is 5.74. The van der Waals surface area contributed by atoms with E-state index in [2.05, 4.69) is 0 Å². The summed E-state index contributed by atoms with van der Waals surface area (Å²) in [4.78, 5) is 11.3. The third-order valence-electron chi connectivity index (χ3n) is 4.50. The van der Waals surface area contributed by atoms with Crippen LogP contribution in [0.2, 0.25) is 0 Å². The number of hydrogen-bond donors (Lipinski definition) is 1. The molecule has 0 heterocycles. The predicted molar refractivity (Wildman–Crippen MR) is 63.1 cm³/mol. The molecule has 3 aliphatic rings. The van der Waals surface area contributed by atoms with Crippen LogP contribution in [-0.2, 0) is 10.2 Å². The highest BCUT2D eigenvalue weighted by atomic mass is 16.5. The maximum absolute atomic E-state index is 11.3. The van der Waals surface area contributed by atoms with E-state index in [0.717, 1.165) is 25.0 Å². The van der Waals surface area contributed by atoms with E-state index in [1.807, 2.05) is 24.3 Å². The number of fused-ring (bicyclic) bond motifs is 1. The Morgan fingerprint density at radius 3 is 2.53 bits per heavy atom. The van der Waals surface area contributed by atoms with E-state index in [-0.39, 0.29) is 11.3 Å². The van der Waals surface area contributed by atoms with Gasteiger partial charge in [0.15, 0.2) is 0 Å². The Hall–Kier alpha value is -1.51. The lowest BCUT2D eigenvalue weighted by atomic mass is 9.62.